The summed E-state index contributed by atoms with van der Waals surface area (Å²) < 4.78 is 2.18. The molecule has 0 N–H and O–H groups in total. The monoisotopic (exact) mass is 248 g/mol. The molecule has 0 saturated heterocycles. The van der Waals surface area contributed by atoms with Gasteiger partial charge in [0.25, 0.3) is 0 Å². The van der Waals surface area contributed by atoms with E-state index in [9.17, 15) is 0 Å². The Balaban J connectivity index is 1.93. The summed E-state index contributed by atoms with van der Waals surface area (Å²) in [5, 5.41) is 0. The third-order valence-electron chi connectivity index (χ3n) is 3.22. The van der Waals surface area contributed by atoms with E-state index in [0.29, 0.717) is 0 Å². The summed E-state index contributed by atoms with van der Waals surface area (Å²) in [7, 11) is 0. The molecule has 3 rings (SSSR count). The minimum absolute atomic E-state index is 0.853. The van der Waals surface area contributed by atoms with Crippen LogP contribution in [0.5, 0.6) is 0 Å². The van der Waals surface area contributed by atoms with Gasteiger partial charge < -0.3 is 4.57 Å². The first-order valence-electron chi connectivity index (χ1n) is 6.44. The van der Waals surface area contributed by atoms with Gasteiger partial charge in [0.1, 0.15) is 0 Å². The molecule has 2 aromatic carbocycles. The molecule has 1 aromatic heterocycles. The van der Waals surface area contributed by atoms with Gasteiger partial charge in [-0.1, -0.05) is 60.2 Å². The Hall–Kier alpha value is -2.35. The van der Waals surface area contributed by atoms with Gasteiger partial charge in [-0.15, -0.1) is 0 Å². The lowest BCUT2D eigenvalue weighted by molar-refractivity contribution is 0.804. The molecule has 0 spiro atoms. The Morgan fingerprint density at radius 2 is 1.84 bits per heavy atom. The molecule has 19 heavy (non-hydrogen) atoms. The second-order valence-electron chi connectivity index (χ2n) is 4.76. The molecule has 2 heteroatoms. The van der Waals surface area contributed by atoms with Gasteiger partial charge in [-0.05, 0) is 18.1 Å². The lowest BCUT2D eigenvalue weighted by atomic mass is 10.1. The first-order valence-corrected chi connectivity index (χ1v) is 6.44. The molecule has 0 saturated carbocycles. The fourth-order valence-electron chi connectivity index (χ4n) is 2.30. The van der Waals surface area contributed by atoms with Crippen LogP contribution in [0.4, 0.5) is 0 Å². The van der Waals surface area contributed by atoms with E-state index in [1.807, 2.05) is 18.6 Å². The smallest absolute Gasteiger partial charge is 0.0954 e. The highest BCUT2D eigenvalue weighted by Crippen LogP contribution is 2.19. The van der Waals surface area contributed by atoms with Crippen LogP contribution in [-0.2, 0) is 6.54 Å². The van der Waals surface area contributed by atoms with E-state index in [-0.39, 0.29) is 0 Å². The van der Waals surface area contributed by atoms with Crippen molar-refractivity contribution in [2.45, 2.75) is 13.5 Å². The molecule has 0 fully saturated rings. The summed E-state index contributed by atoms with van der Waals surface area (Å²) in [6.07, 6.45) is 3.82. The third kappa shape index (κ3) is 2.58. The topological polar surface area (TPSA) is 17.8 Å². The van der Waals surface area contributed by atoms with Gasteiger partial charge in [0.05, 0.1) is 18.2 Å². The van der Waals surface area contributed by atoms with Gasteiger partial charge in [0.15, 0.2) is 0 Å². The lowest BCUT2D eigenvalue weighted by Gasteiger charge is -2.09. The molecule has 2 nitrogen and oxygen atoms in total. The van der Waals surface area contributed by atoms with Crippen LogP contribution in [0.25, 0.3) is 11.3 Å². The third-order valence-corrected chi connectivity index (χ3v) is 3.22. The van der Waals surface area contributed by atoms with E-state index in [2.05, 4.69) is 65.0 Å². The van der Waals surface area contributed by atoms with Crippen LogP contribution in [0.15, 0.2) is 67.1 Å². The molecule has 0 bridgehead atoms. The fraction of sp³-hybridized carbons (Fsp3) is 0.118. The minimum Gasteiger partial charge on any atom is -0.326 e. The van der Waals surface area contributed by atoms with Crippen LogP contribution in [0, 0.1) is 6.92 Å². The van der Waals surface area contributed by atoms with Crippen molar-refractivity contribution in [1.29, 1.82) is 0 Å². The molecule has 0 aliphatic heterocycles. The van der Waals surface area contributed by atoms with Crippen LogP contribution in [-0.4, -0.2) is 9.55 Å². The van der Waals surface area contributed by atoms with E-state index in [1.165, 1.54) is 16.7 Å². The number of hydrogen-bond donors (Lipinski definition) is 0. The highest BCUT2D eigenvalue weighted by Gasteiger charge is 2.05. The molecule has 0 atom stereocenters. The summed E-state index contributed by atoms with van der Waals surface area (Å²) >= 11 is 0. The molecule has 1 heterocycles. The maximum Gasteiger partial charge on any atom is 0.0954 e. The van der Waals surface area contributed by atoms with Crippen molar-refractivity contribution >= 4 is 0 Å². The number of nitrogens with zero attached hydrogens (tertiary/aromatic N) is 2. The van der Waals surface area contributed by atoms with Crippen molar-refractivity contribution in [3.63, 3.8) is 0 Å². The normalized spacial score (nSPS) is 10.6. The second kappa shape index (κ2) is 5.11. The number of aromatic nitrogens is 2. The average Bonchev–Trinajstić information content (AvgIpc) is 2.88. The fourth-order valence-corrected chi connectivity index (χ4v) is 2.30. The van der Waals surface area contributed by atoms with Crippen molar-refractivity contribution in [2.24, 2.45) is 0 Å². The Kier molecular flexibility index (Phi) is 3.15. The van der Waals surface area contributed by atoms with Gasteiger partial charge >= 0.3 is 0 Å². The Morgan fingerprint density at radius 1 is 1.00 bits per heavy atom. The molecule has 0 unspecified atom stereocenters. The maximum atomic E-state index is 4.28. The quantitative estimate of drug-likeness (QED) is 0.687. The van der Waals surface area contributed by atoms with Crippen LogP contribution in [0.2, 0.25) is 0 Å². The number of hydrogen-bond acceptors (Lipinski definition) is 1. The summed E-state index contributed by atoms with van der Waals surface area (Å²) in [6, 6.07) is 19.0. The SMILES string of the molecule is Cc1cccc(Cn2cncc2-c2ccccc2)c1. The zero-order valence-corrected chi connectivity index (χ0v) is 11.0. The molecule has 3 aromatic rings. The maximum absolute atomic E-state index is 4.28. The van der Waals surface area contributed by atoms with Crippen LogP contribution < -0.4 is 0 Å². The van der Waals surface area contributed by atoms with Crippen LogP contribution in [0.1, 0.15) is 11.1 Å². The number of imidazole rings is 1. The zero-order valence-electron chi connectivity index (χ0n) is 11.0. The van der Waals surface area contributed by atoms with Gasteiger partial charge in [-0.3, -0.25) is 0 Å². The van der Waals surface area contributed by atoms with E-state index in [0.717, 1.165) is 12.2 Å². The molecular weight excluding hydrogens is 232 g/mol. The second-order valence-corrected chi connectivity index (χ2v) is 4.76. The van der Waals surface area contributed by atoms with Crippen molar-refractivity contribution in [1.82, 2.24) is 9.55 Å². The molecular formula is C17H16N2. The van der Waals surface area contributed by atoms with Crippen molar-refractivity contribution < 1.29 is 0 Å². The van der Waals surface area contributed by atoms with Gasteiger partial charge in [-0.25, -0.2) is 4.98 Å². The van der Waals surface area contributed by atoms with E-state index in [1.54, 1.807) is 0 Å². The summed E-state index contributed by atoms with van der Waals surface area (Å²) in [5.74, 6) is 0. The largest absolute Gasteiger partial charge is 0.326 e. The highest BCUT2D eigenvalue weighted by molar-refractivity contribution is 5.58. The summed E-state index contributed by atoms with van der Waals surface area (Å²) in [6.45, 7) is 2.97. The first kappa shape index (κ1) is 11.7. The number of rotatable bonds is 3. The van der Waals surface area contributed by atoms with E-state index >= 15 is 0 Å². The highest BCUT2D eigenvalue weighted by atomic mass is 15.0. The lowest BCUT2D eigenvalue weighted by Crippen LogP contribution is -2.00. The number of aryl methyl sites for hydroxylation is 1. The Labute approximate surface area is 113 Å². The van der Waals surface area contributed by atoms with E-state index < -0.39 is 0 Å². The van der Waals surface area contributed by atoms with Crippen LogP contribution >= 0.6 is 0 Å². The molecule has 0 aliphatic carbocycles. The van der Waals surface area contributed by atoms with Gasteiger partial charge in [-0.2, -0.15) is 0 Å². The number of benzene rings is 2. The molecule has 0 aliphatic rings. The predicted molar refractivity (Wildman–Crippen MR) is 77.9 cm³/mol. The van der Waals surface area contributed by atoms with E-state index in [4.69, 9.17) is 0 Å². The van der Waals surface area contributed by atoms with Gasteiger partial charge in [0, 0.05) is 6.54 Å². The standard InChI is InChI=1S/C17H16N2/c1-14-6-5-7-15(10-14)12-19-13-18-11-17(19)16-8-3-2-4-9-16/h2-11,13H,12H2,1H3. The Morgan fingerprint density at radius 3 is 2.63 bits per heavy atom. The predicted octanol–water partition coefficient (Wildman–Crippen LogP) is 3.91. The molecule has 0 amide bonds. The van der Waals surface area contributed by atoms with Crippen molar-refractivity contribution in [3.05, 3.63) is 78.2 Å². The van der Waals surface area contributed by atoms with Crippen LogP contribution in [0.3, 0.4) is 0 Å². The Bertz CT molecular complexity index is 668. The zero-order chi connectivity index (χ0) is 13.1. The average molecular weight is 248 g/mol. The van der Waals surface area contributed by atoms with Crippen molar-refractivity contribution in [2.75, 3.05) is 0 Å². The molecule has 94 valence electrons. The van der Waals surface area contributed by atoms with Gasteiger partial charge in [0.2, 0.25) is 0 Å². The molecule has 0 radical (unpaired) electrons. The van der Waals surface area contributed by atoms with Crippen molar-refractivity contribution in [3.8, 4) is 11.3 Å². The minimum atomic E-state index is 0.853. The first-order chi connectivity index (χ1) is 9.33. The summed E-state index contributed by atoms with van der Waals surface area (Å²) in [5.41, 5.74) is 4.95. The summed E-state index contributed by atoms with van der Waals surface area (Å²) in [4.78, 5) is 4.28.